The topological polar surface area (TPSA) is 126 Å². The lowest BCUT2D eigenvalue weighted by molar-refractivity contribution is 0.589. The van der Waals surface area contributed by atoms with Gasteiger partial charge in [0.2, 0.25) is 0 Å². The predicted octanol–water partition coefficient (Wildman–Crippen LogP) is 2.85. The van der Waals surface area contributed by atoms with Gasteiger partial charge in [0.15, 0.2) is 11.5 Å². The van der Waals surface area contributed by atoms with E-state index in [4.69, 9.17) is 11.5 Å². The number of rotatable bonds is 5. The quantitative estimate of drug-likeness (QED) is 0.490. The molecule has 0 saturated heterocycles. The highest BCUT2D eigenvalue weighted by molar-refractivity contribution is 7.85. The molecule has 8 nitrogen and oxygen atoms in total. The van der Waals surface area contributed by atoms with Crippen LogP contribution in [0.4, 0.5) is 16.0 Å². The van der Waals surface area contributed by atoms with E-state index in [1.807, 2.05) is 6.07 Å². The number of fused-ring (bicyclic) bond motifs is 1. The number of hydrogen-bond donors (Lipinski definition) is 2. The largest absolute Gasteiger partial charge is 0.383 e. The number of nitrogens with two attached hydrogens (primary N) is 2. The Hall–Kier alpha value is -3.40. The summed E-state index contributed by atoms with van der Waals surface area (Å²) < 4.78 is 27.2. The zero-order valence-electron chi connectivity index (χ0n) is 17.3. The molecule has 0 aliphatic heterocycles. The van der Waals surface area contributed by atoms with Crippen molar-refractivity contribution in [3.05, 3.63) is 59.5 Å². The fraction of sp³-hybridized carbons (Fsp3) is 0.238. The second kappa shape index (κ2) is 7.69. The molecule has 3 aromatic heterocycles. The third-order valence-corrected chi connectivity index (χ3v) is 6.92. The van der Waals surface area contributed by atoms with Crippen molar-refractivity contribution in [3.8, 4) is 11.5 Å². The number of nitrogens with zero attached hydrogens (tertiary/aromatic N) is 5. The first-order valence-corrected chi connectivity index (χ1v) is 11.1. The van der Waals surface area contributed by atoms with Gasteiger partial charge in [0.25, 0.3) is 0 Å². The van der Waals surface area contributed by atoms with Gasteiger partial charge in [0.05, 0.1) is 22.2 Å². The van der Waals surface area contributed by atoms with Crippen molar-refractivity contribution in [2.45, 2.75) is 25.1 Å². The van der Waals surface area contributed by atoms with Gasteiger partial charge in [0, 0.05) is 28.8 Å². The van der Waals surface area contributed by atoms with Crippen molar-refractivity contribution in [3.63, 3.8) is 0 Å². The van der Waals surface area contributed by atoms with Crippen LogP contribution in [0.25, 0.3) is 22.6 Å². The highest BCUT2D eigenvalue weighted by Gasteiger charge is 2.32. The van der Waals surface area contributed by atoms with Gasteiger partial charge in [-0.15, -0.1) is 0 Å². The van der Waals surface area contributed by atoms with Crippen LogP contribution in [0, 0.1) is 5.82 Å². The van der Waals surface area contributed by atoms with Crippen LogP contribution in [0.5, 0.6) is 0 Å². The second-order valence-electron chi connectivity index (χ2n) is 7.63. The lowest BCUT2D eigenvalue weighted by Gasteiger charge is -2.24. The molecular formula is C21H22FN7OS. The summed E-state index contributed by atoms with van der Waals surface area (Å²) >= 11 is 0. The van der Waals surface area contributed by atoms with E-state index in [2.05, 4.69) is 20.1 Å². The normalized spacial score (nSPS) is 12.9. The van der Waals surface area contributed by atoms with Gasteiger partial charge >= 0.3 is 0 Å². The van der Waals surface area contributed by atoms with Crippen molar-refractivity contribution in [2.75, 3.05) is 17.7 Å². The molecule has 3 heterocycles. The van der Waals surface area contributed by atoms with Crippen molar-refractivity contribution in [2.24, 2.45) is 0 Å². The molecule has 160 valence electrons. The van der Waals surface area contributed by atoms with Crippen molar-refractivity contribution < 1.29 is 8.60 Å². The highest BCUT2D eigenvalue weighted by atomic mass is 32.2. The number of anilines is 2. The maximum absolute atomic E-state index is 14.2. The number of pyridine rings is 1. The summed E-state index contributed by atoms with van der Waals surface area (Å²) in [5.41, 5.74) is 14.3. The number of hydrogen-bond acceptors (Lipinski definition) is 7. The first kappa shape index (κ1) is 20.9. The Kier molecular flexibility index (Phi) is 5.18. The Labute approximate surface area is 181 Å². The van der Waals surface area contributed by atoms with Crippen LogP contribution in [-0.2, 0) is 22.1 Å². The van der Waals surface area contributed by atoms with E-state index >= 15 is 0 Å². The Morgan fingerprint density at radius 1 is 1.10 bits per heavy atom. The number of aromatic nitrogens is 5. The molecule has 0 aliphatic rings. The molecule has 0 bridgehead atoms. The molecule has 0 amide bonds. The van der Waals surface area contributed by atoms with Crippen LogP contribution in [0.1, 0.15) is 25.0 Å². The average molecular weight is 440 g/mol. The van der Waals surface area contributed by atoms with E-state index in [-0.39, 0.29) is 29.8 Å². The highest BCUT2D eigenvalue weighted by Crippen LogP contribution is 2.36. The summed E-state index contributed by atoms with van der Waals surface area (Å²) in [7, 11) is -1.25. The van der Waals surface area contributed by atoms with Gasteiger partial charge in [-0.25, -0.2) is 24.0 Å². The molecule has 0 spiro atoms. The van der Waals surface area contributed by atoms with Crippen LogP contribution >= 0.6 is 0 Å². The Balaban J connectivity index is 1.86. The minimum absolute atomic E-state index is 0.142. The van der Waals surface area contributed by atoms with Gasteiger partial charge in [-0.05, 0) is 32.0 Å². The summed E-state index contributed by atoms with van der Waals surface area (Å²) in [6.45, 7) is 3.73. The number of benzene rings is 1. The average Bonchev–Trinajstić information content (AvgIpc) is 3.07. The minimum atomic E-state index is -1.25. The standard InChI is InChI=1S/C21H22FN7OS/c1-21(2,31(3)30)15-17(23)26-19(27-18(15)24)16-13-8-6-10-25-20(13)29(28-16)11-12-7-4-5-9-14(12)22/h4-10H,11H2,1-3H3,(H4,23,24,26,27). The molecule has 4 aromatic rings. The molecule has 0 fully saturated rings. The Bertz CT molecular complexity index is 1300. The van der Waals surface area contributed by atoms with Gasteiger partial charge in [-0.2, -0.15) is 5.10 Å². The van der Waals surface area contributed by atoms with Crippen LogP contribution in [0.3, 0.4) is 0 Å². The van der Waals surface area contributed by atoms with Crippen molar-refractivity contribution >= 4 is 33.5 Å². The van der Waals surface area contributed by atoms with E-state index < -0.39 is 15.5 Å². The second-order valence-corrected chi connectivity index (χ2v) is 9.56. The molecule has 0 radical (unpaired) electrons. The summed E-state index contributed by atoms with van der Waals surface area (Å²) in [4.78, 5) is 13.2. The van der Waals surface area contributed by atoms with E-state index in [0.29, 0.717) is 27.9 Å². The SMILES string of the molecule is CS(=O)C(C)(C)c1c(N)nc(-c2nn(Cc3ccccc3F)c3ncccc23)nc1N. The first-order valence-electron chi connectivity index (χ1n) is 9.52. The van der Waals surface area contributed by atoms with Crippen LogP contribution in [-0.4, -0.2) is 35.2 Å². The summed E-state index contributed by atoms with van der Waals surface area (Å²) in [5.74, 6) is 0.182. The van der Waals surface area contributed by atoms with E-state index in [0.717, 1.165) is 0 Å². The maximum Gasteiger partial charge on any atom is 0.184 e. The summed E-state index contributed by atoms with van der Waals surface area (Å²) in [6.07, 6.45) is 3.22. The molecule has 1 atom stereocenters. The molecular weight excluding hydrogens is 417 g/mol. The fourth-order valence-electron chi connectivity index (χ4n) is 3.44. The zero-order valence-corrected chi connectivity index (χ0v) is 18.2. The summed E-state index contributed by atoms with van der Waals surface area (Å²) in [6, 6.07) is 10.1. The molecule has 4 N–H and O–H groups in total. The van der Waals surface area contributed by atoms with Gasteiger partial charge < -0.3 is 11.5 Å². The minimum Gasteiger partial charge on any atom is -0.383 e. The molecule has 1 unspecified atom stereocenters. The van der Waals surface area contributed by atoms with Gasteiger partial charge in [0.1, 0.15) is 23.1 Å². The maximum atomic E-state index is 14.2. The Morgan fingerprint density at radius 2 is 1.77 bits per heavy atom. The number of halogens is 1. The smallest absolute Gasteiger partial charge is 0.184 e. The monoisotopic (exact) mass is 439 g/mol. The molecule has 31 heavy (non-hydrogen) atoms. The van der Waals surface area contributed by atoms with Crippen LogP contribution in [0.2, 0.25) is 0 Å². The van der Waals surface area contributed by atoms with Crippen molar-refractivity contribution in [1.82, 2.24) is 24.7 Å². The zero-order chi connectivity index (χ0) is 22.3. The van der Waals surface area contributed by atoms with E-state index in [1.165, 1.54) is 6.07 Å². The molecule has 10 heteroatoms. The predicted molar refractivity (Wildman–Crippen MR) is 120 cm³/mol. The van der Waals surface area contributed by atoms with Gasteiger partial charge in [-0.1, -0.05) is 18.2 Å². The molecule has 0 saturated carbocycles. The van der Waals surface area contributed by atoms with E-state index in [1.54, 1.807) is 55.2 Å². The van der Waals surface area contributed by atoms with Gasteiger partial charge in [-0.3, -0.25) is 4.21 Å². The lowest BCUT2D eigenvalue weighted by atomic mass is 10.0. The third kappa shape index (κ3) is 3.63. The summed E-state index contributed by atoms with van der Waals surface area (Å²) in [5, 5.41) is 5.28. The third-order valence-electron chi connectivity index (χ3n) is 5.28. The Morgan fingerprint density at radius 3 is 2.42 bits per heavy atom. The first-order chi connectivity index (χ1) is 14.7. The molecule has 1 aromatic carbocycles. The van der Waals surface area contributed by atoms with Crippen LogP contribution in [0.15, 0.2) is 42.6 Å². The molecule has 0 aliphatic carbocycles. The number of nitrogen functional groups attached to an aromatic ring is 2. The van der Waals surface area contributed by atoms with Crippen molar-refractivity contribution in [1.29, 1.82) is 0 Å². The lowest BCUT2D eigenvalue weighted by Crippen LogP contribution is -2.27. The van der Waals surface area contributed by atoms with Crippen LogP contribution < -0.4 is 11.5 Å². The fourth-order valence-corrected chi connectivity index (χ4v) is 3.93. The molecule has 4 rings (SSSR count). The van der Waals surface area contributed by atoms with E-state index in [9.17, 15) is 8.60 Å².